The standard InChI is InChI=1S/C8H12N4O2/c1-3-14-8(13)11-5-10-7-4-9-6-12(7)2/h4-6H,3H2,1-2H3,(H,10,11,13). The zero-order valence-corrected chi connectivity index (χ0v) is 8.10. The summed E-state index contributed by atoms with van der Waals surface area (Å²) in [6.45, 7) is 2.07. The van der Waals surface area contributed by atoms with Gasteiger partial charge in [-0.25, -0.2) is 14.8 Å². The summed E-state index contributed by atoms with van der Waals surface area (Å²) in [4.78, 5) is 18.6. The summed E-state index contributed by atoms with van der Waals surface area (Å²) in [5, 5.41) is 2.36. The minimum atomic E-state index is -0.515. The van der Waals surface area contributed by atoms with Crippen LogP contribution in [-0.4, -0.2) is 28.6 Å². The van der Waals surface area contributed by atoms with Gasteiger partial charge >= 0.3 is 6.09 Å². The highest BCUT2D eigenvalue weighted by molar-refractivity contribution is 5.82. The number of imidazole rings is 1. The number of carbonyl (C=O) groups is 1. The molecule has 1 N–H and O–H groups in total. The predicted octanol–water partition coefficient (Wildman–Crippen LogP) is 0.826. The maximum Gasteiger partial charge on any atom is 0.412 e. The first-order valence-corrected chi connectivity index (χ1v) is 4.16. The molecule has 0 atom stereocenters. The van der Waals surface area contributed by atoms with E-state index in [4.69, 9.17) is 0 Å². The molecule has 1 heterocycles. The summed E-state index contributed by atoms with van der Waals surface area (Å²) in [6.07, 6.45) is 3.97. The molecule has 0 bridgehead atoms. The lowest BCUT2D eigenvalue weighted by atomic mass is 10.7. The molecule has 1 aromatic rings. The average molecular weight is 196 g/mol. The number of hydrogen-bond acceptors (Lipinski definition) is 4. The van der Waals surface area contributed by atoms with Gasteiger partial charge in [0.25, 0.3) is 0 Å². The number of alkyl carbamates (subject to hydrolysis) is 1. The van der Waals surface area contributed by atoms with Crippen LogP contribution >= 0.6 is 0 Å². The second-order valence-corrected chi connectivity index (χ2v) is 2.49. The van der Waals surface area contributed by atoms with Gasteiger partial charge in [0.15, 0.2) is 5.82 Å². The van der Waals surface area contributed by atoms with Crippen molar-refractivity contribution in [3.8, 4) is 0 Å². The van der Waals surface area contributed by atoms with Gasteiger partial charge in [-0.2, -0.15) is 0 Å². The number of nitrogens with zero attached hydrogens (tertiary/aromatic N) is 3. The molecule has 6 nitrogen and oxygen atoms in total. The van der Waals surface area contributed by atoms with Crippen LogP contribution in [0.25, 0.3) is 0 Å². The maximum atomic E-state index is 10.8. The molecule has 1 rings (SSSR count). The number of hydrogen-bond donors (Lipinski definition) is 1. The molecule has 0 unspecified atom stereocenters. The number of nitrogens with one attached hydrogen (secondary N) is 1. The Kier molecular flexibility index (Phi) is 3.66. The van der Waals surface area contributed by atoms with Crippen molar-refractivity contribution in [2.24, 2.45) is 12.0 Å². The molecule has 6 heteroatoms. The number of aryl methyl sites for hydroxylation is 1. The molecule has 0 spiro atoms. The van der Waals surface area contributed by atoms with Crippen LogP contribution in [0.3, 0.4) is 0 Å². The Morgan fingerprint density at radius 2 is 2.64 bits per heavy atom. The lowest BCUT2D eigenvalue weighted by Gasteiger charge is -1.98. The number of rotatable bonds is 3. The van der Waals surface area contributed by atoms with Crippen LogP contribution in [0, 0.1) is 0 Å². The summed E-state index contributed by atoms with van der Waals surface area (Å²) in [5.74, 6) is 0.654. The Morgan fingerprint density at radius 1 is 1.86 bits per heavy atom. The summed E-state index contributed by atoms with van der Waals surface area (Å²) in [6, 6.07) is 0. The minimum Gasteiger partial charge on any atom is -0.450 e. The molecule has 0 aromatic carbocycles. The smallest absolute Gasteiger partial charge is 0.412 e. The van der Waals surface area contributed by atoms with E-state index in [9.17, 15) is 4.79 Å². The first-order valence-electron chi connectivity index (χ1n) is 4.16. The Labute approximate surface area is 81.6 Å². The number of aromatic nitrogens is 2. The Balaban J connectivity index is 2.42. The number of carbonyl (C=O) groups excluding carboxylic acids is 1. The molecule has 0 aliphatic carbocycles. The van der Waals surface area contributed by atoms with E-state index in [2.05, 4.69) is 20.0 Å². The van der Waals surface area contributed by atoms with Gasteiger partial charge in [-0.3, -0.25) is 5.32 Å². The van der Waals surface area contributed by atoms with E-state index in [1.165, 1.54) is 6.34 Å². The van der Waals surface area contributed by atoms with E-state index in [1.54, 1.807) is 24.0 Å². The van der Waals surface area contributed by atoms with Crippen LogP contribution < -0.4 is 5.32 Å². The minimum absolute atomic E-state index is 0.339. The predicted molar refractivity (Wildman–Crippen MR) is 51.5 cm³/mol. The first-order chi connectivity index (χ1) is 6.74. The highest BCUT2D eigenvalue weighted by atomic mass is 16.5. The van der Waals surface area contributed by atoms with Crippen molar-refractivity contribution in [1.29, 1.82) is 0 Å². The Morgan fingerprint density at radius 3 is 3.21 bits per heavy atom. The molecule has 76 valence electrons. The fraction of sp³-hybridized carbons (Fsp3) is 0.375. The molecule has 0 saturated carbocycles. The van der Waals surface area contributed by atoms with Crippen molar-refractivity contribution < 1.29 is 9.53 Å². The topological polar surface area (TPSA) is 68.5 Å². The zero-order chi connectivity index (χ0) is 10.4. The van der Waals surface area contributed by atoms with Crippen LogP contribution in [0.2, 0.25) is 0 Å². The Hall–Kier alpha value is -1.85. The van der Waals surface area contributed by atoms with Crippen LogP contribution in [0.4, 0.5) is 10.6 Å². The SMILES string of the molecule is CCOC(=O)N/C=N/c1cncn1C. The van der Waals surface area contributed by atoms with Gasteiger partial charge in [0, 0.05) is 7.05 Å². The summed E-state index contributed by atoms with van der Waals surface area (Å²) in [7, 11) is 1.81. The Bertz CT molecular complexity index is 332. The number of aliphatic imine (C=N–C) groups is 1. The molecular formula is C8H12N4O2. The van der Waals surface area contributed by atoms with Crippen LogP contribution in [0.5, 0.6) is 0 Å². The zero-order valence-electron chi connectivity index (χ0n) is 8.10. The molecule has 0 fully saturated rings. The van der Waals surface area contributed by atoms with E-state index in [0.717, 1.165) is 0 Å². The average Bonchev–Trinajstić information content (AvgIpc) is 2.52. The summed E-state index contributed by atoms with van der Waals surface area (Å²) < 4.78 is 6.35. The third-order valence-electron chi connectivity index (χ3n) is 1.45. The molecule has 14 heavy (non-hydrogen) atoms. The molecule has 1 aromatic heterocycles. The molecule has 0 aliphatic heterocycles. The number of amides is 1. The lowest BCUT2D eigenvalue weighted by Crippen LogP contribution is -2.22. The van der Waals surface area contributed by atoms with Gasteiger partial charge in [-0.05, 0) is 6.92 Å². The van der Waals surface area contributed by atoms with E-state index in [1.807, 2.05) is 7.05 Å². The monoisotopic (exact) mass is 196 g/mol. The van der Waals surface area contributed by atoms with Gasteiger partial charge < -0.3 is 9.30 Å². The fourth-order valence-electron chi connectivity index (χ4n) is 0.798. The lowest BCUT2D eigenvalue weighted by molar-refractivity contribution is 0.158. The summed E-state index contributed by atoms with van der Waals surface area (Å²) in [5.41, 5.74) is 0. The molecule has 1 amide bonds. The van der Waals surface area contributed by atoms with Gasteiger partial charge in [-0.1, -0.05) is 0 Å². The van der Waals surface area contributed by atoms with Gasteiger partial charge in [0.2, 0.25) is 0 Å². The van der Waals surface area contributed by atoms with Crippen LogP contribution in [0.1, 0.15) is 6.92 Å². The normalized spacial score (nSPS) is 10.4. The molecule has 0 radical (unpaired) electrons. The van der Waals surface area contributed by atoms with Crippen molar-refractivity contribution in [3.05, 3.63) is 12.5 Å². The highest BCUT2D eigenvalue weighted by Gasteiger charge is 1.96. The van der Waals surface area contributed by atoms with Crippen molar-refractivity contribution >= 4 is 18.2 Å². The third kappa shape index (κ3) is 2.89. The van der Waals surface area contributed by atoms with Crippen LogP contribution in [-0.2, 0) is 11.8 Å². The molecular weight excluding hydrogens is 184 g/mol. The van der Waals surface area contributed by atoms with Gasteiger partial charge in [0.05, 0.1) is 25.5 Å². The van der Waals surface area contributed by atoms with Crippen molar-refractivity contribution in [2.45, 2.75) is 6.92 Å². The maximum absolute atomic E-state index is 10.8. The fourth-order valence-corrected chi connectivity index (χ4v) is 0.798. The van der Waals surface area contributed by atoms with Gasteiger partial charge in [-0.15, -0.1) is 0 Å². The van der Waals surface area contributed by atoms with Crippen molar-refractivity contribution in [1.82, 2.24) is 14.9 Å². The van der Waals surface area contributed by atoms with Crippen LogP contribution in [0.15, 0.2) is 17.5 Å². The molecule has 0 aliphatic rings. The van der Waals surface area contributed by atoms with Gasteiger partial charge in [0.1, 0.15) is 0 Å². The molecule has 0 saturated heterocycles. The number of ether oxygens (including phenoxy) is 1. The van der Waals surface area contributed by atoms with E-state index in [-0.39, 0.29) is 0 Å². The van der Waals surface area contributed by atoms with E-state index in [0.29, 0.717) is 12.4 Å². The first kappa shape index (κ1) is 10.2. The van der Waals surface area contributed by atoms with Crippen molar-refractivity contribution in [2.75, 3.05) is 6.61 Å². The third-order valence-corrected chi connectivity index (χ3v) is 1.45. The van der Waals surface area contributed by atoms with E-state index >= 15 is 0 Å². The highest BCUT2D eigenvalue weighted by Crippen LogP contribution is 2.05. The second-order valence-electron chi connectivity index (χ2n) is 2.49. The largest absolute Gasteiger partial charge is 0.450 e. The van der Waals surface area contributed by atoms with E-state index < -0.39 is 6.09 Å². The quantitative estimate of drug-likeness (QED) is 0.575. The summed E-state index contributed by atoms with van der Waals surface area (Å²) >= 11 is 0. The second kappa shape index (κ2) is 5.00. The van der Waals surface area contributed by atoms with Crippen molar-refractivity contribution in [3.63, 3.8) is 0 Å².